The Bertz CT molecular complexity index is 428. The fourth-order valence-electron chi connectivity index (χ4n) is 2.26. The summed E-state index contributed by atoms with van der Waals surface area (Å²) in [6.07, 6.45) is 0. The largest absolute Gasteiger partial charge is 0.379 e. The highest BCUT2D eigenvalue weighted by molar-refractivity contribution is 5.94. The lowest BCUT2D eigenvalue weighted by molar-refractivity contribution is 0.0384. The van der Waals surface area contributed by atoms with Gasteiger partial charge in [0.1, 0.15) is 0 Å². The van der Waals surface area contributed by atoms with Gasteiger partial charge in [0, 0.05) is 44.8 Å². The summed E-state index contributed by atoms with van der Waals surface area (Å²) in [6, 6.07) is 7.62. The number of ether oxygens (including phenoxy) is 1. The second kappa shape index (κ2) is 8.77. The maximum absolute atomic E-state index is 11.9. The summed E-state index contributed by atoms with van der Waals surface area (Å²) in [6.45, 7) is 9.16. The molecule has 0 saturated carbocycles. The minimum absolute atomic E-state index is 0.00928. The number of benzene rings is 1. The van der Waals surface area contributed by atoms with Gasteiger partial charge in [-0.15, -0.1) is 0 Å². The van der Waals surface area contributed by atoms with Gasteiger partial charge in [0.25, 0.3) is 5.91 Å². The lowest BCUT2D eigenvalue weighted by Gasteiger charge is -2.26. The monoisotopic (exact) mass is 291 g/mol. The van der Waals surface area contributed by atoms with Gasteiger partial charge in [-0.05, 0) is 19.1 Å². The third-order valence-corrected chi connectivity index (χ3v) is 3.61. The van der Waals surface area contributed by atoms with Gasteiger partial charge in [-0.1, -0.05) is 17.7 Å². The van der Waals surface area contributed by atoms with E-state index in [-0.39, 0.29) is 5.91 Å². The summed E-state index contributed by atoms with van der Waals surface area (Å²) in [5.41, 5.74) is 1.88. The molecule has 0 aromatic heterocycles. The van der Waals surface area contributed by atoms with Crippen molar-refractivity contribution in [2.45, 2.75) is 6.92 Å². The Morgan fingerprint density at radius 2 is 1.86 bits per heavy atom. The Balaban J connectivity index is 1.53. The summed E-state index contributed by atoms with van der Waals surface area (Å²) >= 11 is 0. The van der Waals surface area contributed by atoms with Crippen LogP contribution in [0.15, 0.2) is 24.3 Å². The number of amides is 1. The lowest BCUT2D eigenvalue weighted by Crippen LogP contribution is -2.41. The summed E-state index contributed by atoms with van der Waals surface area (Å²) in [5.74, 6) is -0.00928. The Hall–Kier alpha value is -1.43. The number of carbonyl (C=O) groups is 1. The number of nitrogens with one attached hydrogen (secondary N) is 2. The van der Waals surface area contributed by atoms with Gasteiger partial charge in [0.15, 0.2) is 0 Å². The SMILES string of the molecule is Cc1ccc(C(=O)NCCNCCN2CCOCC2)cc1. The van der Waals surface area contributed by atoms with Gasteiger partial charge >= 0.3 is 0 Å². The van der Waals surface area contributed by atoms with Crippen LogP contribution >= 0.6 is 0 Å². The molecule has 1 heterocycles. The first-order chi connectivity index (χ1) is 10.3. The molecule has 5 nitrogen and oxygen atoms in total. The number of nitrogens with zero attached hydrogens (tertiary/aromatic N) is 1. The van der Waals surface area contributed by atoms with Crippen molar-refractivity contribution in [2.75, 3.05) is 52.5 Å². The second-order valence-electron chi connectivity index (χ2n) is 5.33. The molecule has 1 amide bonds. The van der Waals surface area contributed by atoms with Gasteiger partial charge in [0.2, 0.25) is 0 Å². The van der Waals surface area contributed by atoms with Crippen LogP contribution in [0, 0.1) is 6.92 Å². The predicted molar refractivity (Wildman–Crippen MR) is 83.6 cm³/mol. The molecule has 116 valence electrons. The first-order valence-corrected chi connectivity index (χ1v) is 7.61. The van der Waals surface area contributed by atoms with E-state index >= 15 is 0 Å². The van der Waals surface area contributed by atoms with E-state index in [2.05, 4.69) is 15.5 Å². The van der Waals surface area contributed by atoms with E-state index in [1.807, 2.05) is 31.2 Å². The average molecular weight is 291 g/mol. The highest BCUT2D eigenvalue weighted by Crippen LogP contribution is 2.02. The van der Waals surface area contributed by atoms with E-state index in [1.54, 1.807) is 0 Å². The van der Waals surface area contributed by atoms with Gasteiger partial charge in [0.05, 0.1) is 13.2 Å². The molecule has 0 unspecified atom stereocenters. The third kappa shape index (κ3) is 5.83. The molecular weight excluding hydrogens is 266 g/mol. The van der Waals surface area contributed by atoms with E-state index in [0.717, 1.165) is 51.5 Å². The molecule has 1 fully saturated rings. The second-order valence-corrected chi connectivity index (χ2v) is 5.33. The first-order valence-electron chi connectivity index (χ1n) is 7.61. The van der Waals surface area contributed by atoms with Gasteiger partial charge in [-0.25, -0.2) is 0 Å². The Kier molecular flexibility index (Phi) is 6.66. The number of hydrogen-bond acceptors (Lipinski definition) is 4. The van der Waals surface area contributed by atoms with E-state index in [4.69, 9.17) is 4.74 Å². The average Bonchev–Trinajstić information content (AvgIpc) is 2.52. The van der Waals surface area contributed by atoms with E-state index in [9.17, 15) is 4.79 Å². The van der Waals surface area contributed by atoms with Crippen LogP contribution in [0.25, 0.3) is 0 Å². The fraction of sp³-hybridized carbons (Fsp3) is 0.562. The van der Waals surface area contributed by atoms with Crippen LogP contribution in [-0.4, -0.2) is 63.3 Å². The van der Waals surface area contributed by atoms with Crippen LogP contribution in [0.2, 0.25) is 0 Å². The third-order valence-electron chi connectivity index (χ3n) is 3.61. The maximum atomic E-state index is 11.9. The molecule has 0 aliphatic carbocycles. The van der Waals surface area contributed by atoms with Gasteiger partial charge < -0.3 is 15.4 Å². The minimum atomic E-state index is -0.00928. The Morgan fingerprint density at radius 3 is 2.57 bits per heavy atom. The van der Waals surface area contributed by atoms with Crippen molar-refractivity contribution < 1.29 is 9.53 Å². The van der Waals surface area contributed by atoms with Crippen molar-refractivity contribution in [2.24, 2.45) is 0 Å². The zero-order valence-corrected chi connectivity index (χ0v) is 12.7. The molecular formula is C16H25N3O2. The summed E-state index contributed by atoms with van der Waals surface area (Å²) in [4.78, 5) is 14.3. The van der Waals surface area contributed by atoms with Crippen LogP contribution < -0.4 is 10.6 Å². The van der Waals surface area contributed by atoms with Crippen LogP contribution in [0.5, 0.6) is 0 Å². The molecule has 0 atom stereocenters. The van der Waals surface area contributed by atoms with Crippen molar-refractivity contribution in [3.05, 3.63) is 35.4 Å². The number of hydrogen-bond donors (Lipinski definition) is 2. The minimum Gasteiger partial charge on any atom is -0.379 e. The first kappa shape index (κ1) is 15.9. The van der Waals surface area contributed by atoms with Crippen molar-refractivity contribution in [3.63, 3.8) is 0 Å². The molecule has 1 saturated heterocycles. The zero-order valence-electron chi connectivity index (χ0n) is 12.7. The standard InChI is InChI=1S/C16H25N3O2/c1-14-2-4-15(5-3-14)16(20)18-7-6-17-8-9-19-10-12-21-13-11-19/h2-5,17H,6-13H2,1H3,(H,18,20). The number of rotatable bonds is 7. The number of aryl methyl sites for hydroxylation is 1. The quantitative estimate of drug-likeness (QED) is 0.724. The van der Waals surface area contributed by atoms with Crippen molar-refractivity contribution in [3.8, 4) is 0 Å². The molecule has 2 N–H and O–H groups in total. The van der Waals surface area contributed by atoms with Gasteiger partial charge in [-0.2, -0.15) is 0 Å². The Labute approximate surface area is 126 Å². The van der Waals surface area contributed by atoms with Crippen molar-refractivity contribution in [1.82, 2.24) is 15.5 Å². The molecule has 0 spiro atoms. The molecule has 1 aliphatic heterocycles. The predicted octanol–water partition coefficient (Wildman–Crippen LogP) is 0.647. The zero-order chi connectivity index (χ0) is 14.9. The molecule has 21 heavy (non-hydrogen) atoms. The van der Waals surface area contributed by atoms with Gasteiger partial charge in [-0.3, -0.25) is 9.69 Å². The van der Waals surface area contributed by atoms with E-state index in [0.29, 0.717) is 12.1 Å². The van der Waals surface area contributed by atoms with Crippen LogP contribution in [-0.2, 0) is 4.74 Å². The smallest absolute Gasteiger partial charge is 0.251 e. The normalized spacial score (nSPS) is 15.9. The fourth-order valence-corrected chi connectivity index (χ4v) is 2.26. The highest BCUT2D eigenvalue weighted by atomic mass is 16.5. The van der Waals surface area contributed by atoms with Crippen LogP contribution in [0.3, 0.4) is 0 Å². The molecule has 5 heteroatoms. The van der Waals surface area contributed by atoms with Crippen LogP contribution in [0.4, 0.5) is 0 Å². The number of morpholine rings is 1. The molecule has 0 radical (unpaired) electrons. The lowest BCUT2D eigenvalue weighted by atomic mass is 10.1. The topological polar surface area (TPSA) is 53.6 Å². The molecule has 2 rings (SSSR count). The number of carbonyl (C=O) groups excluding carboxylic acids is 1. The molecule has 0 bridgehead atoms. The molecule has 1 aliphatic rings. The summed E-state index contributed by atoms with van der Waals surface area (Å²) in [7, 11) is 0. The van der Waals surface area contributed by atoms with Crippen LogP contribution in [0.1, 0.15) is 15.9 Å². The summed E-state index contributed by atoms with van der Waals surface area (Å²) < 4.78 is 5.31. The van der Waals surface area contributed by atoms with E-state index < -0.39 is 0 Å². The summed E-state index contributed by atoms with van der Waals surface area (Å²) in [5, 5.41) is 6.27. The Morgan fingerprint density at radius 1 is 1.14 bits per heavy atom. The van der Waals surface area contributed by atoms with Crippen molar-refractivity contribution in [1.29, 1.82) is 0 Å². The molecule has 1 aromatic carbocycles. The highest BCUT2D eigenvalue weighted by Gasteiger charge is 2.09. The van der Waals surface area contributed by atoms with E-state index in [1.165, 1.54) is 0 Å². The maximum Gasteiger partial charge on any atom is 0.251 e. The van der Waals surface area contributed by atoms with Crippen molar-refractivity contribution >= 4 is 5.91 Å². The molecule has 1 aromatic rings.